The highest BCUT2D eigenvalue weighted by Gasteiger charge is 2.39. The van der Waals surface area contributed by atoms with Crippen molar-refractivity contribution in [3.63, 3.8) is 0 Å². The predicted octanol–water partition coefficient (Wildman–Crippen LogP) is 2.90. The van der Waals surface area contributed by atoms with E-state index in [1.54, 1.807) is 4.68 Å². The molecule has 130 valence electrons. The molecule has 2 N–H and O–H groups in total. The molecule has 6 nitrogen and oxygen atoms in total. The molecule has 0 radical (unpaired) electrons. The summed E-state index contributed by atoms with van der Waals surface area (Å²) in [5, 5.41) is 14.2. The Bertz CT molecular complexity index is 993. The second kappa shape index (κ2) is 6.19. The Morgan fingerprint density at radius 2 is 2.08 bits per heavy atom. The summed E-state index contributed by atoms with van der Waals surface area (Å²) < 4.78 is 7.33. The maximum absolute atomic E-state index is 12.6. The van der Waals surface area contributed by atoms with Crippen molar-refractivity contribution in [3.8, 4) is 17.3 Å². The monoisotopic (exact) mass is 346 g/mol. The minimum absolute atomic E-state index is 0.0129. The molecular formula is C20H18N4O2. The SMILES string of the molecule is Cn1nc(-c2ccccc2)cc1C1C(C#N)=C(N)OC2=C1C(=O)CCC2. The van der Waals surface area contributed by atoms with Crippen LogP contribution in [0.1, 0.15) is 30.9 Å². The third-order valence-electron chi connectivity index (χ3n) is 4.89. The van der Waals surface area contributed by atoms with E-state index in [2.05, 4.69) is 11.2 Å². The second-order valence-electron chi connectivity index (χ2n) is 6.48. The summed E-state index contributed by atoms with van der Waals surface area (Å²) in [5.74, 6) is 0.143. The normalized spacial score (nSPS) is 19.8. The zero-order chi connectivity index (χ0) is 18.3. The quantitative estimate of drug-likeness (QED) is 0.902. The largest absolute Gasteiger partial charge is 0.444 e. The maximum atomic E-state index is 12.6. The Hall–Kier alpha value is -3.33. The number of aryl methyl sites for hydroxylation is 1. The lowest BCUT2D eigenvalue weighted by molar-refractivity contribution is -0.116. The summed E-state index contributed by atoms with van der Waals surface area (Å²) in [6, 6.07) is 13.8. The first-order valence-electron chi connectivity index (χ1n) is 8.53. The molecule has 0 fully saturated rings. The van der Waals surface area contributed by atoms with Crippen LogP contribution < -0.4 is 5.73 Å². The highest BCUT2D eigenvalue weighted by Crippen LogP contribution is 2.43. The number of hydrogen-bond acceptors (Lipinski definition) is 5. The first-order chi connectivity index (χ1) is 12.6. The van der Waals surface area contributed by atoms with Gasteiger partial charge in [0.2, 0.25) is 5.88 Å². The van der Waals surface area contributed by atoms with Gasteiger partial charge in [-0.25, -0.2) is 0 Å². The van der Waals surface area contributed by atoms with E-state index in [1.165, 1.54) is 0 Å². The van der Waals surface area contributed by atoms with Gasteiger partial charge in [-0.2, -0.15) is 10.4 Å². The molecule has 1 unspecified atom stereocenters. The molecular weight excluding hydrogens is 328 g/mol. The summed E-state index contributed by atoms with van der Waals surface area (Å²) in [7, 11) is 1.82. The summed E-state index contributed by atoms with van der Waals surface area (Å²) in [4.78, 5) is 12.6. The van der Waals surface area contributed by atoms with Gasteiger partial charge in [0.05, 0.1) is 17.3 Å². The molecule has 1 aromatic carbocycles. The van der Waals surface area contributed by atoms with Gasteiger partial charge in [0.25, 0.3) is 0 Å². The molecule has 0 bridgehead atoms. The van der Waals surface area contributed by atoms with Crippen molar-refractivity contribution in [2.45, 2.75) is 25.2 Å². The topological polar surface area (TPSA) is 93.9 Å². The first kappa shape index (κ1) is 16.2. The first-order valence-corrected chi connectivity index (χ1v) is 8.53. The number of nitrogens with two attached hydrogens (primary N) is 1. The molecule has 6 heteroatoms. The van der Waals surface area contributed by atoms with Crippen LogP contribution in [-0.4, -0.2) is 15.6 Å². The Morgan fingerprint density at radius 1 is 1.31 bits per heavy atom. The van der Waals surface area contributed by atoms with Gasteiger partial charge in [-0.15, -0.1) is 0 Å². The molecule has 1 aliphatic heterocycles. The number of nitriles is 1. The average molecular weight is 346 g/mol. The van der Waals surface area contributed by atoms with Gasteiger partial charge >= 0.3 is 0 Å². The summed E-state index contributed by atoms with van der Waals surface area (Å²) in [6.07, 6.45) is 1.85. The Labute approximate surface area is 151 Å². The molecule has 1 atom stereocenters. The number of carbonyl (C=O) groups is 1. The third-order valence-corrected chi connectivity index (χ3v) is 4.89. The molecule has 0 spiro atoms. The van der Waals surface area contributed by atoms with Crippen molar-refractivity contribution in [2.75, 3.05) is 0 Å². The number of benzene rings is 1. The van der Waals surface area contributed by atoms with Gasteiger partial charge in [-0.05, 0) is 12.5 Å². The fourth-order valence-corrected chi connectivity index (χ4v) is 3.65. The van der Waals surface area contributed by atoms with E-state index in [0.717, 1.165) is 23.4 Å². The standard InChI is InChI=1S/C20H18N4O2/c1-24-15(10-14(23-24)12-6-3-2-4-7-12)18-13(11-21)20(22)26-17-9-5-8-16(25)19(17)18/h2-4,6-7,10,18H,5,8-9,22H2,1H3. The van der Waals surface area contributed by atoms with Crippen molar-refractivity contribution >= 4 is 5.78 Å². The van der Waals surface area contributed by atoms with E-state index in [0.29, 0.717) is 24.2 Å². The van der Waals surface area contributed by atoms with Crippen LogP contribution in [0.4, 0.5) is 0 Å². The van der Waals surface area contributed by atoms with Gasteiger partial charge < -0.3 is 10.5 Å². The van der Waals surface area contributed by atoms with E-state index >= 15 is 0 Å². The number of Topliss-reactive ketones (excluding diaryl/α,β-unsaturated/α-hetero) is 1. The number of carbonyl (C=O) groups excluding carboxylic acids is 1. The van der Waals surface area contributed by atoms with Crippen LogP contribution in [0.2, 0.25) is 0 Å². The molecule has 2 aliphatic rings. The second-order valence-corrected chi connectivity index (χ2v) is 6.48. The van der Waals surface area contributed by atoms with Crippen molar-refractivity contribution in [2.24, 2.45) is 12.8 Å². The van der Waals surface area contributed by atoms with Crippen molar-refractivity contribution in [3.05, 3.63) is 64.9 Å². The zero-order valence-corrected chi connectivity index (χ0v) is 14.4. The van der Waals surface area contributed by atoms with Gasteiger partial charge in [0.1, 0.15) is 17.4 Å². The van der Waals surface area contributed by atoms with E-state index in [9.17, 15) is 10.1 Å². The zero-order valence-electron chi connectivity index (χ0n) is 14.4. The van der Waals surface area contributed by atoms with Crippen LogP contribution in [0.25, 0.3) is 11.3 Å². The van der Waals surface area contributed by atoms with Gasteiger partial charge in [0.15, 0.2) is 5.78 Å². The summed E-state index contributed by atoms with van der Waals surface area (Å²) >= 11 is 0. The number of aromatic nitrogens is 2. The fraction of sp³-hybridized carbons (Fsp3) is 0.250. The molecule has 2 heterocycles. The van der Waals surface area contributed by atoms with Crippen LogP contribution in [0.3, 0.4) is 0 Å². The van der Waals surface area contributed by atoms with Crippen LogP contribution in [-0.2, 0) is 16.6 Å². The Balaban J connectivity index is 1.88. The fourth-order valence-electron chi connectivity index (χ4n) is 3.65. The number of rotatable bonds is 2. The smallest absolute Gasteiger partial charge is 0.205 e. The predicted molar refractivity (Wildman–Crippen MR) is 95.2 cm³/mol. The number of ketones is 1. The average Bonchev–Trinajstić information content (AvgIpc) is 3.03. The van der Waals surface area contributed by atoms with E-state index in [1.807, 2.05) is 43.4 Å². The molecule has 4 rings (SSSR count). The Kier molecular flexibility index (Phi) is 3.85. The molecule has 0 amide bonds. The number of ether oxygens (including phenoxy) is 1. The highest BCUT2D eigenvalue weighted by atomic mass is 16.5. The lowest BCUT2D eigenvalue weighted by atomic mass is 9.79. The van der Waals surface area contributed by atoms with Crippen molar-refractivity contribution in [1.29, 1.82) is 5.26 Å². The van der Waals surface area contributed by atoms with Gasteiger partial charge in [-0.1, -0.05) is 30.3 Å². The lowest BCUT2D eigenvalue weighted by Crippen LogP contribution is -2.28. The molecule has 1 aliphatic carbocycles. The van der Waals surface area contributed by atoms with Crippen molar-refractivity contribution in [1.82, 2.24) is 9.78 Å². The van der Waals surface area contributed by atoms with Crippen LogP contribution in [0, 0.1) is 11.3 Å². The highest BCUT2D eigenvalue weighted by molar-refractivity contribution is 5.99. The van der Waals surface area contributed by atoms with Crippen LogP contribution >= 0.6 is 0 Å². The minimum atomic E-state index is -0.536. The van der Waals surface area contributed by atoms with E-state index < -0.39 is 5.92 Å². The molecule has 26 heavy (non-hydrogen) atoms. The van der Waals surface area contributed by atoms with Crippen LogP contribution in [0.15, 0.2) is 59.2 Å². The number of hydrogen-bond donors (Lipinski definition) is 1. The molecule has 1 aromatic heterocycles. The summed E-state index contributed by atoms with van der Waals surface area (Å²) in [5.41, 5.74) is 9.33. The number of nitrogens with zero attached hydrogens (tertiary/aromatic N) is 3. The minimum Gasteiger partial charge on any atom is -0.444 e. The van der Waals surface area contributed by atoms with E-state index in [-0.39, 0.29) is 17.2 Å². The van der Waals surface area contributed by atoms with Gasteiger partial charge in [-0.3, -0.25) is 9.48 Å². The lowest BCUT2D eigenvalue weighted by Gasteiger charge is -2.30. The number of allylic oxidation sites excluding steroid dienone is 3. The summed E-state index contributed by atoms with van der Waals surface area (Å²) in [6.45, 7) is 0. The maximum Gasteiger partial charge on any atom is 0.205 e. The van der Waals surface area contributed by atoms with Crippen LogP contribution in [0.5, 0.6) is 0 Å². The van der Waals surface area contributed by atoms with Crippen molar-refractivity contribution < 1.29 is 9.53 Å². The third kappa shape index (κ3) is 2.49. The molecule has 2 aromatic rings. The Morgan fingerprint density at radius 3 is 2.81 bits per heavy atom. The van der Waals surface area contributed by atoms with Gasteiger partial charge in [0, 0.05) is 31.0 Å². The molecule has 0 saturated heterocycles. The molecule has 0 saturated carbocycles. The van der Waals surface area contributed by atoms with E-state index in [4.69, 9.17) is 10.5 Å².